The summed E-state index contributed by atoms with van der Waals surface area (Å²) in [7, 11) is -2.30. The van der Waals surface area contributed by atoms with E-state index in [0.29, 0.717) is 12.0 Å². The third-order valence-electron chi connectivity index (χ3n) is 5.60. The van der Waals surface area contributed by atoms with Gasteiger partial charge in [0.1, 0.15) is 6.04 Å². The van der Waals surface area contributed by atoms with Crippen LogP contribution in [-0.4, -0.2) is 62.4 Å². The molecular weight excluding hydrogens is 474 g/mol. The van der Waals surface area contributed by atoms with Crippen molar-refractivity contribution < 1.29 is 28.0 Å². The molecule has 1 amide bonds. The number of carboxylic acids is 1. The number of amides is 1. The quantitative estimate of drug-likeness (QED) is 0.211. The molecular formula is C23H29N5O6S. The van der Waals surface area contributed by atoms with Crippen molar-refractivity contribution in [3.05, 3.63) is 65.2 Å². The van der Waals surface area contributed by atoms with Crippen molar-refractivity contribution in [3.8, 4) is 0 Å². The molecule has 0 radical (unpaired) electrons. The highest BCUT2D eigenvalue weighted by molar-refractivity contribution is 7.89. The second-order valence-electron chi connectivity index (χ2n) is 8.31. The lowest BCUT2D eigenvalue weighted by molar-refractivity contribution is -0.152. The van der Waals surface area contributed by atoms with E-state index >= 15 is 0 Å². The van der Waals surface area contributed by atoms with Crippen LogP contribution >= 0.6 is 0 Å². The normalized spacial score (nSPS) is 19.6. The Kier molecular flexibility index (Phi) is 8.57. The highest BCUT2D eigenvalue weighted by atomic mass is 32.2. The van der Waals surface area contributed by atoms with Crippen LogP contribution in [-0.2, 0) is 24.4 Å². The number of carbonyl (C=O) groups is 2. The molecule has 35 heavy (non-hydrogen) atoms. The molecule has 11 nitrogen and oxygen atoms in total. The molecule has 0 saturated carbocycles. The summed E-state index contributed by atoms with van der Waals surface area (Å²) < 4.78 is 27.3. The predicted molar refractivity (Wildman–Crippen MR) is 129 cm³/mol. The molecule has 3 atom stereocenters. The van der Waals surface area contributed by atoms with Gasteiger partial charge in [0.2, 0.25) is 15.9 Å². The average Bonchev–Trinajstić information content (AvgIpc) is 3.17. The van der Waals surface area contributed by atoms with Gasteiger partial charge in [0.05, 0.1) is 29.7 Å². The van der Waals surface area contributed by atoms with Gasteiger partial charge in [-0.3, -0.25) is 14.4 Å². The Hall–Kier alpha value is -3.32. The molecule has 0 aliphatic carbocycles. The summed E-state index contributed by atoms with van der Waals surface area (Å²) in [4.78, 5) is 29.8. The summed E-state index contributed by atoms with van der Waals surface area (Å²) >= 11 is 0. The minimum Gasteiger partial charge on any atom is -0.480 e. The minimum atomic E-state index is -4.08. The predicted octanol–water partition coefficient (Wildman–Crippen LogP) is 0.902. The Labute approximate surface area is 204 Å². The topological polar surface area (TPSA) is 163 Å². The molecule has 188 valence electrons. The average molecular weight is 504 g/mol. The summed E-state index contributed by atoms with van der Waals surface area (Å²) in [6.07, 6.45) is 1.67. The largest absolute Gasteiger partial charge is 0.480 e. The zero-order valence-corrected chi connectivity index (χ0v) is 20.2. The molecule has 0 bridgehead atoms. The maximum atomic E-state index is 12.6. The number of hydrogen-bond donors (Lipinski definition) is 4. The van der Waals surface area contributed by atoms with Crippen LogP contribution in [0.1, 0.15) is 35.6 Å². The molecule has 1 aliphatic heterocycles. The van der Waals surface area contributed by atoms with Crippen molar-refractivity contribution in [1.82, 2.24) is 15.1 Å². The molecule has 12 heteroatoms. The van der Waals surface area contributed by atoms with Crippen LogP contribution in [0.25, 0.3) is 0 Å². The molecule has 0 spiro atoms. The van der Waals surface area contributed by atoms with Crippen LogP contribution in [0.15, 0.2) is 58.5 Å². The van der Waals surface area contributed by atoms with Gasteiger partial charge in [-0.15, -0.1) is 0 Å². The number of sulfonamides is 1. The Morgan fingerprint density at radius 2 is 2.00 bits per heavy atom. The Balaban J connectivity index is 1.55. The zero-order chi connectivity index (χ0) is 25.6. The van der Waals surface area contributed by atoms with Gasteiger partial charge in [0, 0.05) is 13.6 Å². The molecule has 1 aliphatic rings. The fourth-order valence-electron chi connectivity index (χ4n) is 3.82. The van der Waals surface area contributed by atoms with E-state index in [-0.39, 0.29) is 17.4 Å². The second kappa shape index (κ2) is 11.4. The number of carbonyl (C=O) groups excluding carboxylic acids is 1. The number of hydrazone groups is 1. The number of hydroxylamine groups is 2. The van der Waals surface area contributed by atoms with Gasteiger partial charge in [-0.1, -0.05) is 36.4 Å². The fourth-order valence-corrected chi connectivity index (χ4v) is 5.11. The van der Waals surface area contributed by atoms with E-state index in [1.54, 1.807) is 31.2 Å². The third kappa shape index (κ3) is 7.09. The lowest BCUT2D eigenvalue weighted by Gasteiger charge is -2.18. The van der Waals surface area contributed by atoms with Gasteiger partial charge >= 0.3 is 5.97 Å². The first kappa shape index (κ1) is 26.3. The van der Waals surface area contributed by atoms with Gasteiger partial charge in [0.15, 0.2) is 0 Å². The Morgan fingerprint density at radius 3 is 2.63 bits per heavy atom. The molecule has 3 rings (SSSR count). The summed E-state index contributed by atoms with van der Waals surface area (Å²) in [6.45, 7) is 1.32. The molecule has 1 fully saturated rings. The number of benzene rings is 2. The third-order valence-corrected chi connectivity index (χ3v) is 7.07. The highest BCUT2D eigenvalue weighted by Gasteiger charge is 2.34. The van der Waals surface area contributed by atoms with Crippen LogP contribution in [0.3, 0.4) is 0 Å². The van der Waals surface area contributed by atoms with Gasteiger partial charge in [-0.2, -0.15) is 14.9 Å². The molecule has 0 aromatic heterocycles. The first-order chi connectivity index (χ1) is 16.6. The Morgan fingerprint density at radius 1 is 1.29 bits per heavy atom. The molecule has 2 aromatic rings. The standard InChI is InChI=1S/C23H29N5O6S/c1-15-4-3-5-19(10-15)35(32,33)27-20(23(30)31)14-25-22(29)12-18-11-21(28(2)34-18)17-8-6-16(7-9-17)13-26-24/h3-10,13,18,20-21,27H,11-12,14,24H2,1-2H3,(H,25,29)(H,30,31)/t18-,20-,21+/m0/s1. The number of rotatable bonds is 10. The molecule has 2 aromatic carbocycles. The number of nitrogens with one attached hydrogen (secondary N) is 2. The van der Waals surface area contributed by atoms with E-state index in [4.69, 9.17) is 10.7 Å². The van der Waals surface area contributed by atoms with Crippen molar-refractivity contribution in [2.24, 2.45) is 10.9 Å². The lowest BCUT2D eigenvalue weighted by Crippen LogP contribution is -2.48. The second-order valence-corrected chi connectivity index (χ2v) is 10.0. The number of nitrogens with zero attached hydrogens (tertiary/aromatic N) is 2. The molecule has 1 saturated heterocycles. The molecule has 1 heterocycles. The SMILES string of the molecule is Cc1cccc(S(=O)(=O)N[C@@H](CNC(=O)C[C@@H]2C[C@H](c3ccc(C=NN)cc3)N(C)O2)C(=O)O)c1. The van der Waals surface area contributed by atoms with Crippen LogP contribution in [0.4, 0.5) is 0 Å². The number of nitrogens with two attached hydrogens (primary N) is 1. The van der Waals surface area contributed by atoms with E-state index in [0.717, 1.165) is 11.1 Å². The van der Waals surface area contributed by atoms with Gasteiger partial charge in [-0.05, 0) is 42.2 Å². The van der Waals surface area contributed by atoms with Crippen molar-refractivity contribution >= 4 is 28.1 Å². The fraction of sp³-hybridized carbons (Fsp3) is 0.348. The van der Waals surface area contributed by atoms with Gasteiger partial charge in [-0.25, -0.2) is 8.42 Å². The van der Waals surface area contributed by atoms with E-state index in [2.05, 4.69) is 15.1 Å². The molecule has 0 unspecified atom stereocenters. The maximum Gasteiger partial charge on any atom is 0.323 e. The van der Waals surface area contributed by atoms with E-state index in [1.165, 1.54) is 18.3 Å². The smallest absolute Gasteiger partial charge is 0.323 e. The van der Waals surface area contributed by atoms with Crippen LogP contribution in [0.5, 0.6) is 0 Å². The number of carboxylic acid groups (broad SMARTS) is 1. The van der Waals surface area contributed by atoms with E-state index in [9.17, 15) is 23.1 Å². The van der Waals surface area contributed by atoms with Crippen molar-refractivity contribution in [2.45, 2.75) is 42.8 Å². The summed E-state index contributed by atoms with van der Waals surface area (Å²) in [5.74, 6) is 3.32. The van der Waals surface area contributed by atoms with Crippen LogP contribution < -0.4 is 15.9 Å². The van der Waals surface area contributed by atoms with Crippen LogP contribution in [0.2, 0.25) is 0 Å². The zero-order valence-electron chi connectivity index (χ0n) is 19.4. The summed E-state index contributed by atoms with van der Waals surface area (Å²) in [5, 5.41) is 17.1. The Bertz CT molecular complexity index is 1190. The van der Waals surface area contributed by atoms with E-state index in [1.807, 2.05) is 24.3 Å². The van der Waals surface area contributed by atoms with Crippen LogP contribution in [0, 0.1) is 6.92 Å². The first-order valence-corrected chi connectivity index (χ1v) is 12.4. The number of aryl methyl sites for hydroxylation is 1. The van der Waals surface area contributed by atoms with Crippen molar-refractivity contribution in [3.63, 3.8) is 0 Å². The minimum absolute atomic E-state index is 0.00424. The number of hydrogen-bond acceptors (Lipinski definition) is 8. The van der Waals surface area contributed by atoms with Gasteiger partial charge < -0.3 is 16.3 Å². The monoisotopic (exact) mass is 503 g/mol. The van der Waals surface area contributed by atoms with Gasteiger partial charge in [0.25, 0.3) is 0 Å². The van der Waals surface area contributed by atoms with E-state index < -0.39 is 40.6 Å². The summed E-state index contributed by atoms with van der Waals surface area (Å²) in [5.41, 5.74) is 2.58. The molecule has 5 N–H and O–H groups in total. The highest BCUT2D eigenvalue weighted by Crippen LogP contribution is 2.34. The number of aliphatic carboxylic acids is 1. The maximum absolute atomic E-state index is 12.6. The first-order valence-electron chi connectivity index (χ1n) is 10.9. The van der Waals surface area contributed by atoms with Crippen molar-refractivity contribution in [1.29, 1.82) is 0 Å². The summed E-state index contributed by atoms with van der Waals surface area (Å²) in [6, 6.07) is 12.1. The van der Waals surface area contributed by atoms with Crippen molar-refractivity contribution in [2.75, 3.05) is 13.6 Å². The lowest BCUT2D eigenvalue weighted by atomic mass is 9.99.